The lowest BCUT2D eigenvalue weighted by Crippen LogP contribution is -2.38. The van der Waals surface area contributed by atoms with Gasteiger partial charge in [0, 0.05) is 27.8 Å². The van der Waals surface area contributed by atoms with Crippen LogP contribution < -0.4 is 5.32 Å². The summed E-state index contributed by atoms with van der Waals surface area (Å²) in [6.07, 6.45) is 8.33. The van der Waals surface area contributed by atoms with E-state index in [-0.39, 0.29) is 0 Å². The van der Waals surface area contributed by atoms with Crippen molar-refractivity contribution >= 4 is 10.8 Å². The summed E-state index contributed by atoms with van der Waals surface area (Å²) in [7, 11) is -0.573. The van der Waals surface area contributed by atoms with Gasteiger partial charge < -0.3 is 5.32 Å². The predicted octanol–water partition coefficient (Wildman–Crippen LogP) is 2.85. The van der Waals surface area contributed by atoms with Crippen molar-refractivity contribution in [3.63, 3.8) is 0 Å². The quantitative estimate of drug-likeness (QED) is 0.747. The van der Waals surface area contributed by atoms with Crippen molar-refractivity contribution < 1.29 is 4.21 Å². The Hall–Kier alpha value is 0.110. The van der Waals surface area contributed by atoms with Gasteiger partial charge in [-0.15, -0.1) is 0 Å². The van der Waals surface area contributed by atoms with Crippen LogP contribution in [-0.4, -0.2) is 27.8 Å². The highest BCUT2D eigenvalue weighted by atomic mass is 32.2. The highest BCUT2D eigenvalue weighted by Gasteiger charge is 2.25. The molecular formula is C13H27NOS. The zero-order chi connectivity index (χ0) is 11.8. The lowest BCUT2D eigenvalue weighted by atomic mass is 9.95. The Morgan fingerprint density at radius 3 is 2.75 bits per heavy atom. The fourth-order valence-corrected chi connectivity index (χ4v) is 4.15. The fraction of sp³-hybridized carbons (Fsp3) is 1.00. The molecule has 1 N–H and O–H groups in total. The van der Waals surface area contributed by atoms with Crippen LogP contribution in [-0.2, 0) is 10.8 Å². The maximum atomic E-state index is 12.1. The molecule has 0 radical (unpaired) electrons. The standard InChI is InChI=1S/C13H27NOS/c1-3-5-10-16(15)13-8-6-7-12(11-13)14-9-4-2/h12-14H,3-11H2,1-2H3. The van der Waals surface area contributed by atoms with Crippen LogP contribution in [0.4, 0.5) is 0 Å². The predicted molar refractivity (Wildman–Crippen MR) is 72.3 cm³/mol. The topological polar surface area (TPSA) is 29.1 Å². The first-order valence-corrected chi connectivity index (χ1v) is 8.26. The monoisotopic (exact) mass is 245 g/mol. The van der Waals surface area contributed by atoms with Crippen LogP contribution in [0.1, 0.15) is 58.8 Å². The molecule has 1 saturated carbocycles. The molecule has 0 aromatic carbocycles. The lowest BCUT2D eigenvalue weighted by Gasteiger charge is -2.29. The van der Waals surface area contributed by atoms with Crippen molar-refractivity contribution in [2.45, 2.75) is 70.1 Å². The first kappa shape index (κ1) is 14.2. The summed E-state index contributed by atoms with van der Waals surface area (Å²) in [6.45, 7) is 5.48. The van der Waals surface area contributed by atoms with Crippen LogP contribution in [0, 0.1) is 0 Å². The average Bonchev–Trinajstić information content (AvgIpc) is 2.33. The minimum absolute atomic E-state index is 0.467. The highest BCUT2D eigenvalue weighted by Crippen LogP contribution is 2.23. The maximum absolute atomic E-state index is 12.1. The van der Waals surface area contributed by atoms with E-state index < -0.39 is 10.8 Å². The Morgan fingerprint density at radius 1 is 1.25 bits per heavy atom. The van der Waals surface area contributed by atoms with E-state index in [1.807, 2.05) is 0 Å². The maximum Gasteiger partial charge on any atom is 0.0362 e. The highest BCUT2D eigenvalue weighted by molar-refractivity contribution is 7.85. The molecule has 0 bridgehead atoms. The summed E-state index contributed by atoms with van der Waals surface area (Å²) in [5.74, 6) is 0.918. The number of nitrogens with one attached hydrogen (secondary N) is 1. The van der Waals surface area contributed by atoms with Crippen LogP contribution in [0.15, 0.2) is 0 Å². The zero-order valence-electron chi connectivity index (χ0n) is 10.8. The van der Waals surface area contributed by atoms with E-state index >= 15 is 0 Å². The molecule has 2 nitrogen and oxygen atoms in total. The summed E-state index contributed by atoms with van der Waals surface area (Å²) >= 11 is 0. The van der Waals surface area contributed by atoms with Gasteiger partial charge in [-0.3, -0.25) is 4.21 Å². The Kier molecular flexibility index (Phi) is 7.30. The Balaban J connectivity index is 2.28. The molecule has 1 fully saturated rings. The lowest BCUT2D eigenvalue weighted by molar-refractivity contribution is 0.377. The SMILES string of the molecule is CCCCS(=O)C1CCCC(NCCC)C1. The number of hydrogen-bond donors (Lipinski definition) is 1. The first-order valence-electron chi connectivity index (χ1n) is 6.88. The molecule has 0 amide bonds. The fourth-order valence-electron chi connectivity index (χ4n) is 2.37. The second-order valence-corrected chi connectivity index (χ2v) is 6.71. The molecule has 3 unspecified atom stereocenters. The molecule has 0 aromatic rings. The molecule has 1 aliphatic rings. The Morgan fingerprint density at radius 2 is 2.06 bits per heavy atom. The van der Waals surface area contributed by atoms with E-state index in [9.17, 15) is 4.21 Å². The molecule has 1 aliphatic carbocycles. The van der Waals surface area contributed by atoms with Crippen LogP contribution in [0.5, 0.6) is 0 Å². The van der Waals surface area contributed by atoms with Crippen LogP contribution in [0.2, 0.25) is 0 Å². The Bertz CT molecular complexity index is 208. The van der Waals surface area contributed by atoms with Crippen molar-refractivity contribution in [1.82, 2.24) is 5.32 Å². The zero-order valence-corrected chi connectivity index (χ0v) is 11.7. The summed E-state index contributed by atoms with van der Waals surface area (Å²) in [5.41, 5.74) is 0. The minimum Gasteiger partial charge on any atom is -0.314 e. The van der Waals surface area contributed by atoms with E-state index in [2.05, 4.69) is 19.2 Å². The molecule has 16 heavy (non-hydrogen) atoms. The Labute approximate surface area is 103 Å². The van der Waals surface area contributed by atoms with Crippen molar-refractivity contribution in [3.8, 4) is 0 Å². The van der Waals surface area contributed by atoms with Gasteiger partial charge in [0.05, 0.1) is 0 Å². The van der Waals surface area contributed by atoms with Crippen molar-refractivity contribution in [2.24, 2.45) is 0 Å². The minimum atomic E-state index is -0.573. The summed E-state index contributed by atoms with van der Waals surface area (Å²) in [5, 5.41) is 4.05. The van der Waals surface area contributed by atoms with Gasteiger partial charge in [-0.2, -0.15) is 0 Å². The van der Waals surface area contributed by atoms with E-state index in [0.717, 1.165) is 31.6 Å². The molecule has 0 saturated heterocycles. The van der Waals surface area contributed by atoms with E-state index in [1.165, 1.54) is 25.7 Å². The van der Waals surface area contributed by atoms with Crippen LogP contribution >= 0.6 is 0 Å². The van der Waals surface area contributed by atoms with Crippen molar-refractivity contribution in [1.29, 1.82) is 0 Å². The molecule has 3 heteroatoms. The molecule has 0 spiro atoms. The van der Waals surface area contributed by atoms with Crippen LogP contribution in [0.25, 0.3) is 0 Å². The average molecular weight is 245 g/mol. The summed E-state index contributed by atoms with van der Waals surface area (Å²) in [4.78, 5) is 0. The van der Waals surface area contributed by atoms with Gasteiger partial charge in [0.15, 0.2) is 0 Å². The molecule has 0 aromatic heterocycles. The summed E-state index contributed by atoms with van der Waals surface area (Å²) < 4.78 is 12.1. The van der Waals surface area contributed by atoms with Gasteiger partial charge in [-0.25, -0.2) is 0 Å². The second kappa shape index (κ2) is 8.24. The third-order valence-electron chi connectivity index (χ3n) is 3.38. The molecule has 1 rings (SSSR count). The second-order valence-electron chi connectivity index (χ2n) is 4.88. The molecule has 96 valence electrons. The van der Waals surface area contributed by atoms with Crippen molar-refractivity contribution in [2.75, 3.05) is 12.3 Å². The largest absolute Gasteiger partial charge is 0.314 e. The van der Waals surface area contributed by atoms with Gasteiger partial charge >= 0.3 is 0 Å². The van der Waals surface area contributed by atoms with Gasteiger partial charge in [0.1, 0.15) is 0 Å². The third kappa shape index (κ3) is 4.96. The molecular weight excluding hydrogens is 218 g/mol. The van der Waals surface area contributed by atoms with Gasteiger partial charge in [0.25, 0.3) is 0 Å². The molecule has 0 heterocycles. The number of rotatable bonds is 7. The number of unbranched alkanes of at least 4 members (excludes halogenated alkanes) is 1. The number of hydrogen-bond acceptors (Lipinski definition) is 2. The first-order chi connectivity index (χ1) is 7.77. The van der Waals surface area contributed by atoms with E-state index in [1.54, 1.807) is 0 Å². The van der Waals surface area contributed by atoms with Gasteiger partial charge in [-0.1, -0.05) is 26.7 Å². The van der Waals surface area contributed by atoms with Crippen molar-refractivity contribution in [3.05, 3.63) is 0 Å². The smallest absolute Gasteiger partial charge is 0.0362 e. The third-order valence-corrected chi connectivity index (χ3v) is 5.24. The molecule has 3 atom stereocenters. The summed E-state index contributed by atoms with van der Waals surface area (Å²) in [6, 6.07) is 0.629. The van der Waals surface area contributed by atoms with E-state index in [0.29, 0.717) is 11.3 Å². The van der Waals surface area contributed by atoms with E-state index in [4.69, 9.17) is 0 Å². The van der Waals surface area contributed by atoms with Gasteiger partial charge in [0.2, 0.25) is 0 Å². The van der Waals surface area contributed by atoms with Gasteiger partial charge in [-0.05, 0) is 38.6 Å². The van der Waals surface area contributed by atoms with Crippen LogP contribution in [0.3, 0.4) is 0 Å². The normalized spacial score (nSPS) is 27.9. The molecule has 0 aliphatic heterocycles.